The molecule has 0 saturated heterocycles. The van der Waals surface area contributed by atoms with E-state index < -0.39 is 0 Å². The van der Waals surface area contributed by atoms with Crippen molar-refractivity contribution in [2.75, 3.05) is 27.2 Å². The van der Waals surface area contributed by atoms with E-state index in [4.69, 9.17) is 0 Å². The van der Waals surface area contributed by atoms with Gasteiger partial charge in [0.1, 0.15) is 0 Å². The molecular weight excluding hydrogens is 254 g/mol. The SMILES string of the molecule is CCCCCC(C)(C)CNC(=NC)NCCC(=O)OC. The molecule has 0 heterocycles. The smallest absolute Gasteiger partial charge is 0.307 e. The molecule has 118 valence electrons. The maximum Gasteiger partial charge on any atom is 0.307 e. The second-order valence-corrected chi connectivity index (χ2v) is 5.80. The lowest BCUT2D eigenvalue weighted by Crippen LogP contribution is -2.42. The maximum atomic E-state index is 11.0. The van der Waals surface area contributed by atoms with Gasteiger partial charge in [-0.3, -0.25) is 9.79 Å². The van der Waals surface area contributed by atoms with Gasteiger partial charge in [0.15, 0.2) is 5.96 Å². The van der Waals surface area contributed by atoms with Gasteiger partial charge in [-0.1, -0.05) is 40.0 Å². The lowest BCUT2D eigenvalue weighted by atomic mass is 9.87. The Morgan fingerprint density at radius 3 is 2.50 bits per heavy atom. The molecule has 0 bridgehead atoms. The van der Waals surface area contributed by atoms with Crippen LogP contribution in [0.4, 0.5) is 0 Å². The van der Waals surface area contributed by atoms with Crippen LogP contribution < -0.4 is 10.6 Å². The van der Waals surface area contributed by atoms with E-state index >= 15 is 0 Å². The molecule has 0 aliphatic heterocycles. The first-order valence-corrected chi connectivity index (χ1v) is 7.46. The fourth-order valence-electron chi connectivity index (χ4n) is 1.87. The number of guanidine groups is 1. The summed E-state index contributed by atoms with van der Waals surface area (Å²) in [6, 6.07) is 0. The molecule has 0 aliphatic rings. The highest BCUT2D eigenvalue weighted by Gasteiger charge is 2.17. The Morgan fingerprint density at radius 2 is 1.95 bits per heavy atom. The van der Waals surface area contributed by atoms with Crippen molar-refractivity contribution >= 4 is 11.9 Å². The van der Waals surface area contributed by atoms with E-state index in [2.05, 4.69) is 41.1 Å². The largest absolute Gasteiger partial charge is 0.469 e. The number of nitrogens with zero attached hydrogens (tertiary/aromatic N) is 1. The summed E-state index contributed by atoms with van der Waals surface area (Å²) in [6.45, 7) is 8.14. The van der Waals surface area contributed by atoms with Gasteiger partial charge in [-0.25, -0.2) is 0 Å². The van der Waals surface area contributed by atoms with Crippen LogP contribution in [0.15, 0.2) is 4.99 Å². The van der Waals surface area contributed by atoms with Gasteiger partial charge in [0.2, 0.25) is 0 Å². The zero-order valence-electron chi connectivity index (χ0n) is 13.7. The monoisotopic (exact) mass is 285 g/mol. The number of carbonyl (C=O) groups excluding carboxylic acids is 1. The number of aliphatic imine (C=N–C) groups is 1. The molecule has 0 spiro atoms. The Hall–Kier alpha value is -1.26. The molecule has 0 fully saturated rings. The van der Waals surface area contributed by atoms with Crippen molar-refractivity contribution in [2.24, 2.45) is 10.4 Å². The summed E-state index contributed by atoms with van der Waals surface area (Å²) in [7, 11) is 3.13. The standard InChI is InChI=1S/C15H31N3O2/c1-6-7-8-10-15(2,3)12-18-14(16-4)17-11-9-13(19)20-5/h6-12H2,1-5H3,(H2,16,17,18). The predicted molar refractivity (Wildman–Crippen MR) is 83.9 cm³/mol. The minimum absolute atomic E-state index is 0.215. The van der Waals surface area contributed by atoms with Gasteiger partial charge in [-0.2, -0.15) is 0 Å². The third kappa shape index (κ3) is 9.64. The normalized spacial score (nSPS) is 12.2. The lowest BCUT2D eigenvalue weighted by Gasteiger charge is -2.26. The topological polar surface area (TPSA) is 62.7 Å². The Bertz CT molecular complexity index is 301. The zero-order valence-corrected chi connectivity index (χ0v) is 13.7. The van der Waals surface area contributed by atoms with E-state index in [-0.39, 0.29) is 11.4 Å². The fraction of sp³-hybridized carbons (Fsp3) is 0.867. The number of hydrogen-bond acceptors (Lipinski definition) is 3. The van der Waals surface area contributed by atoms with Crippen molar-refractivity contribution in [2.45, 2.75) is 52.9 Å². The molecule has 5 heteroatoms. The molecule has 0 radical (unpaired) electrons. The van der Waals surface area contributed by atoms with Gasteiger partial charge in [-0.15, -0.1) is 0 Å². The Balaban J connectivity index is 3.96. The van der Waals surface area contributed by atoms with Crippen molar-refractivity contribution in [1.29, 1.82) is 0 Å². The molecular formula is C15H31N3O2. The molecule has 0 rings (SSSR count). The Labute approximate surface area is 123 Å². The molecule has 0 atom stereocenters. The molecule has 0 aromatic carbocycles. The van der Waals surface area contributed by atoms with Crippen molar-refractivity contribution < 1.29 is 9.53 Å². The second-order valence-electron chi connectivity index (χ2n) is 5.80. The summed E-state index contributed by atoms with van der Waals surface area (Å²) in [4.78, 5) is 15.2. The van der Waals surface area contributed by atoms with Crippen molar-refractivity contribution in [3.8, 4) is 0 Å². The maximum absolute atomic E-state index is 11.0. The summed E-state index contributed by atoms with van der Waals surface area (Å²) in [5, 5.41) is 6.43. The number of rotatable bonds is 9. The third-order valence-corrected chi connectivity index (χ3v) is 3.26. The number of hydrogen-bond donors (Lipinski definition) is 2. The van der Waals surface area contributed by atoms with Crippen LogP contribution in [0.2, 0.25) is 0 Å². The highest BCUT2D eigenvalue weighted by atomic mass is 16.5. The number of nitrogens with one attached hydrogen (secondary N) is 2. The fourth-order valence-corrected chi connectivity index (χ4v) is 1.87. The number of methoxy groups -OCH3 is 1. The van der Waals surface area contributed by atoms with Gasteiger partial charge in [0.25, 0.3) is 0 Å². The molecule has 0 aromatic rings. The second kappa shape index (κ2) is 10.5. The number of esters is 1. The van der Waals surface area contributed by atoms with Crippen LogP contribution >= 0.6 is 0 Å². The molecule has 5 nitrogen and oxygen atoms in total. The molecule has 0 unspecified atom stereocenters. The van der Waals surface area contributed by atoms with Gasteiger partial charge in [-0.05, 0) is 11.8 Å². The van der Waals surface area contributed by atoms with Crippen LogP contribution in [0.1, 0.15) is 52.9 Å². The summed E-state index contributed by atoms with van der Waals surface area (Å²) in [6.07, 6.45) is 5.35. The van der Waals surface area contributed by atoms with Crippen LogP contribution in [0, 0.1) is 5.41 Å². The summed E-state index contributed by atoms with van der Waals surface area (Å²) >= 11 is 0. The molecule has 2 N–H and O–H groups in total. The number of unbranched alkanes of at least 4 members (excludes halogenated alkanes) is 2. The lowest BCUT2D eigenvalue weighted by molar-refractivity contribution is -0.140. The van der Waals surface area contributed by atoms with E-state index in [0.29, 0.717) is 13.0 Å². The Kier molecular flexibility index (Phi) is 9.86. The van der Waals surface area contributed by atoms with Crippen molar-refractivity contribution in [3.63, 3.8) is 0 Å². The predicted octanol–water partition coefficient (Wildman–Crippen LogP) is 2.32. The highest BCUT2D eigenvalue weighted by molar-refractivity contribution is 5.80. The minimum Gasteiger partial charge on any atom is -0.469 e. The van der Waals surface area contributed by atoms with E-state index in [1.54, 1.807) is 7.05 Å². The summed E-state index contributed by atoms with van der Waals surface area (Å²) < 4.78 is 4.60. The summed E-state index contributed by atoms with van der Waals surface area (Å²) in [5.74, 6) is 0.519. The van der Waals surface area contributed by atoms with Gasteiger partial charge < -0.3 is 15.4 Å². The first kappa shape index (κ1) is 18.7. The van der Waals surface area contributed by atoms with E-state index in [1.807, 2.05) is 0 Å². The number of carbonyl (C=O) groups is 1. The van der Waals surface area contributed by atoms with Crippen LogP contribution in [0.5, 0.6) is 0 Å². The highest BCUT2D eigenvalue weighted by Crippen LogP contribution is 2.22. The van der Waals surface area contributed by atoms with Gasteiger partial charge in [0, 0.05) is 20.1 Å². The minimum atomic E-state index is -0.215. The van der Waals surface area contributed by atoms with Crippen molar-refractivity contribution in [1.82, 2.24) is 10.6 Å². The average molecular weight is 285 g/mol. The first-order valence-electron chi connectivity index (χ1n) is 7.46. The summed E-state index contributed by atoms with van der Waals surface area (Å²) in [5.41, 5.74) is 0.245. The molecule has 0 aliphatic carbocycles. The van der Waals surface area contributed by atoms with Crippen LogP contribution in [0.3, 0.4) is 0 Å². The van der Waals surface area contributed by atoms with Gasteiger partial charge in [0.05, 0.1) is 13.5 Å². The number of ether oxygens (including phenoxy) is 1. The molecule has 0 aromatic heterocycles. The van der Waals surface area contributed by atoms with Crippen LogP contribution in [-0.4, -0.2) is 39.2 Å². The van der Waals surface area contributed by atoms with Crippen LogP contribution in [-0.2, 0) is 9.53 Å². The molecule has 0 amide bonds. The Morgan fingerprint density at radius 1 is 1.25 bits per heavy atom. The van der Waals surface area contributed by atoms with E-state index in [9.17, 15) is 4.79 Å². The molecule has 20 heavy (non-hydrogen) atoms. The van der Waals surface area contributed by atoms with E-state index in [0.717, 1.165) is 12.5 Å². The molecule has 0 saturated carbocycles. The van der Waals surface area contributed by atoms with E-state index in [1.165, 1.54) is 32.8 Å². The average Bonchev–Trinajstić information content (AvgIpc) is 2.42. The van der Waals surface area contributed by atoms with Crippen molar-refractivity contribution in [3.05, 3.63) is 0 Å². The quantitative estimate of drug-likeness (QED) is 0.295. The third-order valence-electron chi connectivity index (χ3n) is 3.26. The van der Waals surface area contributed by atoms with Crippen LogP contribution in [0.25, 0.3) is 0 Å². The first-order chi connectivity index (χ1) is 9.45. The zero-order chi connectivity index (χ0) is 15.4. The van der Waals surface area contributed by atoms with Gasteiger partial charge >= 0.3 is 5.97 Å².